The third-order valence-corrected chi connectivity index (χ3v) is 4.88. The standard InChI is InChI=1S/C25H39NO2/c1-3-4-5-6-7-8-9-10-11-12-13-14-15-16-20-25(27)26-22-23-18-17-19-24(21-23)28-2/h17-19,21H,3-13,16,20,22H2,1-2H3,(H,26,27). The number of hydrogen-bond donors (Lipinski definition) is 1. The molecule has 1 aromatic rings. The molecule has 1 N–H and O–H groups in total. The Labute approximate surface area is 172 Å². The molecule has 156 valence electrons. The first kappa shape index (κ1) is 24.1. The van der Waals surface area contributed by atoms with Gasteiger partial charge in [-0.25, -0.2) is 0 Å². The zero-order valence-corrected chi connectivity index (χ0v) is 18.0. The van der Waals surface area contributed by atoms with Crippen molar-refractivity contribution in [1.82, 2.24) is 5.32 Å². The van der Waals surface area contributed by atoms with Gasteiger partial charge in [0.25, 0.3) is 0 Å². The summed E-state index contributed by atoms with van der Waals surface area (Å²) in [5.41, 5.74) is 1.04. The minimum Gasteiger partial charge on any atom is -0.497 e. The number of ether oxygens (including phenoxy) is 1. The number of nitrogens with one attached hydrogen (secondary N) is 1. The average molecular weight is 386 g/mol. The summed E-state index contributed by atoms with van der Waals surface area (Å²) in [7, 11) is 1.64. The minimum atomic E-state index is 0.0519. The summed E-state index contributed by atoms with van der Waals surface area (Å²) in [6.07, 6.45) is 15.6. The lowest BCUT2D eigenvalue weighted by molar-refractivity contribution is -0.121. The maximum Gasteiger partial charge on any atom is 0.221 e. The van der Waals surface area contributed by atoms with Crippen molar-refractivity contribution in [1.29, 1.82) is 0 Å². The average Bonchev–Trinajstić information content (AvgIpc) is 2.72. The van der Waals surface area contributed by atoms with Crippen molar-refractivity contribution in [2.24, 2.45) is 0 Å². The van der Waals surface area contributed by atoms with Gasteiger partial charge in [-0.05, 0) is 24.1 Å². The minimum absolute atomic E-state index is 0.0519. The van der Waals surface area contributed by atoms with Gasteiger partial charge in [0.1, 0.15) is 5.75 Å². The van der Waals surface area contributed by atoms with Crippen molar-refractivity contribution in [3.05, 3.63) is 29.8 Å². The SMILES string of the molecule is CCCCCCCCCCCCC#CCCC(=O)NCc1cccc(OC)c1. The summed E-state index contributed by atoms with van der Waals surface area (Å²) in [5.74, 6) is 7.20. The molecule has 0 fully saturated rings. The Morgan fingerprint density at radius 3 is 2.25 bits per heavy atom. The van der Waals surface area contributed by atoms with Gasteiger partial charge in [-0.3, -0.25) is 4.79 Å². The molecule has 1 amide bonds. The highest BCUT2D eigenvalue weighted by Gasteiger charge is 2.01. The molecular formula is C25H39NO2. The van der Waals surface area contributed by atoms with Gasteiger partial charge in [0.05, 0.1) is 7.11 Å². The van der Waals surface area contributed by atoms with E-state index in [4.69, 9.17) is 4.74 Å². The molecule has 0 bridgehead atoms. The maximum atomic E-state index is 11.9. The smallest absolute Gasteiger partial charge is 0.221 e. The lowest BCUT2D eigenvalue weighted by atomic mass is 10.1. The number of hydrogen-bond acceptors (Lipinski definition) is 2. The normalized spacial score (nSPS) is 10.2. The number of amides is 1. The van der Waals surface area contributed by atoms with Gasteiger partial charge in [-0.1, -0.05) is 76.8 Å². The van der Waals surface area contributed by atoms with Crippen molar-refractivity contribution in [2.75, 3.05) is 7.11 Å². The second-order valence-corrected chi connectivity index (χ2v) is 7.41. The molecule has 0 spiro atoms. The number of carbonyl (C=O) groups is 1. The van der Waals surface area contributed by atoms with E-state index in [2.05, 4.69) is 24.1 Å². The fourth-order valence-corrected chi connectivity index (χ4v) is 3.13. The van der Waals surface area contributed by atoms with Crippen LogP contribution in [0, 0.1) is 11.8 Å². The molecule has 28 heavy (non-hydrogen) atoms. The number of carbonyl (C=O) groups excluding carboxylic acids is 1. The van der Waals surface area contributed by atoms with Crippen LogP contribution in [0.4, 0.5) is 0 Å². The fourth-order valence-electron chi connectivity index (χ4n) is 3.13. The number of benzene rings is 1. The van der Waals surface area contributed by atoms with Crippen molar-refractivity contribution in [3.8, 4) is 17.6 Å². The van der Waals surface area contributed by atoms with E-state index < -0.39 is 0 Å². The van der Waals surface area contributed by atoms with Crippen molar-refractivity contribution < 1.29 is 9.53 Å². The predicted octanol–water partition coefficient (Wildman–Crippen LogP) is 6.41. The van der Waals surface area contributed by atoms with Gasteiger partial charge >= 0.3 is 0 Å². The number of rotatable bonds is 15. The number of unbranched alkanes of at least 4 members (excludes halogenated alkanes) is 10. The monoisotopic (exact) mass is 385 g/mol. The van der Waals surface area contributed by atoms with Gasteiger partial charge in [0, 0.05) is 25.8 Å². The zero-order valence-electron chi connectivity index (χ0n) is 18.0. The van der Waals surface area contributed by atoms with Crippen LogP contribution in [-0.2, 0) is 11.3 Å². The maximum absolute atomic E-state index is 11.9. The topological polar surface area (TPSA) is 38.3 Å². The van der Waals surface area contributed by atoms with Crippen LogP contribution >= 0.6 is 0 Å². The third-order valence-electron chi connectivity index (χ3n) is 4.88. The summed E-state index contributed by atoms with van der Waals surface area (Å²) in [6, 6.07) is 7.75. The molecule has 0 heterocycles. The van der Waals surface area contributed by atoms with Gasteiger partial charge in [0.2, 0.25) is 5.91 Å². The zero-order chi connectivity index (χ0) is 20.3. The number of methoxy groups -OCH3 is 1. The van der Waals surface area contributed by atoms with E-state index in [1.165, 1.54) is 64.2 Å². The Hall–Kier alpha value is -1.95. The second-order valence-electron chi connectivity index (χ2n) is 7.41. The van der Waals surface area contributed by atoms with Gasteiger partial charge in [0.15, 0.2) is 0 Å². The first-order valence-electron chi connectivity index (χ1n) is 11.1. The molecule has 0 aliphatic rings. The molecule has 0 saturated heterocycles. The fraction of sp³-hybridized carbons (Fsp3) is 0.640. The molecule has 0 aromatic heterocycles. The highest BCUT2D eigenvalue weighted by Crippen LogP contribution is 2.12. The Balaban J connectivity index is 1.94. The molecule has 0 atom stereocenters. The lowest BCUT2D eigenvalue weighted by Gasteiger charge is -2.06. The molecule has 0 aliphatic carbocycles. The summed E-state index contributed by atoms with van der Waals surface area (Å²) in [5, 5.41) is 2.93. The molecule has 0 radical (unpaired) electrons. The van der Waals surface area contributed by atoms with Gasteiger partial charge < -0.3 is 10.1 Å². The van der Waals surface area contributed by atoms with Crippen LogP contribution in [0.15, 0.2) is 24.3 Å². The molecule has 3 heteroatoms. The van der Waals surface area contributed by atoms with Crippen LogP contribution in [-0.4, -0.2) is 13.0 Å². The highest BCUT2D eigenvalue weighted by molar-refractivity contribution is 5.76. The van der Waals surface area contributed by atoms with Gasteiger partial charge in [-0.2, -0.15) is 0 Å². The van der Waals surface area contributed by atoms with Gasteiger partial charge in [-0.15, -0.1) is 11.8 Å². The second kappa shape index (κ2) is 17.2. The summed E-state index contributed by atoms with van der Waals surface area (Å²) < 4.78 is 5.19. The van der Waals surface area contributed by atoms with E-state index in [1.54, 1.807) is 7.11 Å². The van der Waals surface area contributed by atoms with E-state index in [9.17, 15) is 4.79 Å². The largest absolute Gasteiger partial charge is 0.497 e. The van der Waals surface area contributed by atoms with Crippen LogP contribution in [0.1, 0.15) is 96.0 Å². The van der Waals surface area contributed by atoms with Crippen LogP contribution in [0.5, 0.6) is 5.75 Å². The molecule has 0 unspecified atom stereocenters. The van der Waals surface area contributed by atoms with E-state index in [-0.39, 0.29) is 5.91 Å². The third kappa shape index (κ3) is 13.3. The Kier molecular flexibility index (Phi) is 14.8. The van der Waals surface area contributed by atoms with Crippen molar-refractivity contribution in [2.45, 2.75) is 96.9 Å². The molecule has 0 saturated carbocycles. The van der Waals surface area contributed by atoms with E-state index in [0.29, 0.717) is 19.4 Å². The Bertz CT molecular complexity index is 586. The van der Waals surface area contributed by atoms with Crippen LogP contribution in [0.25, 0.3) is 0 Å². The highest BCUT2D eigenvalue weighted by atomic mass is 16.5. The quantitative estimate of drug-likeness (QED) is 0.280. The van der Waals surface area contributed by atoms with Crippen molar-refractivity contribution >= 4 is 5.91 Å². The molecular weight excluding hydrogens is 346 g/mol. The predicted molar refractivity (Wildman–Crippen MR) is 118 cm³/mol. The first-order valence-corrected chi connectivity index (χ1v) is 11.1. The van der Waals surface area contributed by atoms with E-state index in [0.717, 1.165) is 17.7 Å². The van der Waals surface area contributed by atoms with Crippen LogP contribution in [0.3, 0.4) is 0 Å². The lowest BCUT2D eigenvalue weighted by Crippen LogP contribution is -2.22. The van der Waals surface area contributed by atoms with Crippen molar-refractivity contribution in [3.63, 3.8) is 0 Å². The van der Waals surface area contributed by atoms with Crippen LogP contribution in [0.2, 0.25) is 0 Å². The van der Waals surface area contributed by atoms with E-state index in [1.807, 2.05) is 24.3 Å². The summed E-state index contributed by atoms with van der Waals surface area (Å²) in [4.78, 5) is 11.9. The first-order chi connectivity index (χ1) is 13.8. The molecule has 0 aliphatic heterocycles. The molecule has 3 nitrogen and oxygen atoms in total. The molecule has 1 aromatic carbocycles. The Morgan fingerprint density at radius 2 is 1.57 bits per heavy atom. The summed E-state index contributed by atoms with van der Waals surface area (Å²) in [6.45, 7) is 2.80. The molecule has 1 rings (SSSR count). The van der Waals surface area contributed by atoms with Crippen LogP contribution < -0.4 is 10.1 Å². The summed E-state index contributed by atoms with van der Waals surface area (Å²) >= 11 is 0. The Morgan fingerprint density at radius 1 is 0.929 bits per heavy atom. The van der Waals surface area contributed by atoms with E-state index >= 15 is 0 Å².